The molecule has 0 radical (unpaired) electrons. The Morgan fingerprint density at radius 2 is 2.38 bits per heavy atom. The molecule has 0 fully saturated rings. The lowest BCUT2D eigenvalue weighted by Crippen LogP contribution is -2.31. The Labute approximate surface area is 91.0 Å². The molecule has 0 aliphatic carbocycles. The highest BCUT2D eigenvalue weighted by atomic mass is 16.4. The van der Waals surface area contributed by atoms with Gasteiger partial charge in [-0.05, 0) is 0 Å². The molecule has 0 spiro atoms. The summed E-state index contributed by atoms with van der Waals surface area (Å²) in [7, 11) is 0. The number of nitrogens with two attached hydrogens (primary N) is 1. The minimum Gasteiger partial charge on any atom is -0.409 e. The van der Waals surface area contributed by atoms with E-state index in [9.17, 15) is 9.59 Å². The van der Waals surface area contributed by atoms with E-state index in [0.717, 1.165) is 0 Å². The van der Waals surface area contributed by atoms with Crippen LogP contribution in [0.5, 0.6) is 0 Å². The number of pyridine rings is 1. The lowest BCUT2D eigenvalue weighted by atomic mass is 10.2. The fourth-order valence-electron chi connectivity index (χ4n) is 1.04. The molecule has 0 bridgehead atoms. The van der Waals surface area contributed by atoms with Crippen molar-refractivity contribution in [3.05, 3.63) is 34.2 Å². The third-order valence-corrected chi connectivity index (χ3v) is 1.86. The molecule has 0 saturated heterocycles. The Morgan fingerprint density at radius 3 is 3.00 bits per heavy atom. The molecule has 0 aromatic carbocycles. The number of aromatic amines is 1. The summed E-state index contributed by atoms with van der Waals surface area (Å²) in [5, 5.41) is 13.5. The van der Waals surface area contributed by atoms with Crippen LogP contribution in [0.25, 0.3) is 0 Å². The molecule has 5 N–H and O–H groups in total. The van der Waals surface area contributed by atoms with Gasteiger partial charge in [0.05, 0.1) is 0 Å². The van der Waals surface area contributed by atoms with Crippen LogP contribution in [0.15, 0.2) is 28.4 Å². The van der Waals surface area contributed by atoms with Crippen molar-refractivity contribution < 1.29 is 10.0 Å². The molecule has 1 rings (SSSR count). The van der Waals surface area contributed by atoms with E-state index in [1.165, 1.54) is 18.5 Å². The third kappa shape index (κ3) is 3.12. The lowest BCUT2D eigenvalue weighted by molar-refractivity contribution is 0.0953. The molecule has 1 aromatic heterocycles. The molecule has 1 amide bonds. The minimum atomic E-state index is -0.493. The number of amidine groups is 1. The van der Waals surface area contributed by atoms with Crippen LogP contribution in [-0.2, 0) is 0 Å². The number of nitrogens with zero attached hydrogens (tertiary/aromatic N) is 1. The monoisotopic (exact) mass is 224 g/mol. The topological polar surface area (TPSA) is 121 Å². The van der Waals surface area contributed by atoms with E-state index in [1.807, 2.05) is 0 Å². The third-order valence-electron chi connectivity index (χ3n) is 1.86. The van der Waals surface area contributed by atoms with Gasteiger partial charge in [0.25, 0.3) is 5.91 Å². The van der Waals surface area contributed by atoms with Gasteiger partial charge >= 0.3 is 0 Å². The van der Waals surface area contributed by atoms with Crippen LogP contribution in [0, 0.1) is 0 Å². The Kier molecular flexibility index (Phi) is 4.07. The van der Waals surface area contributed by atoms with E-state index in [2.05, 4.69) is 15.5 Å². The maximum Gasteiger partial charge on any atom is 0.256 e. The Hall–Kier alpha value is -2.31. The maximum atomic E-state index is 11.5. The summed E-state index contributed by atoms with van der Waals surface area (Å²) >= 11 is 0. The molecular weight excluding hydrogens is 212 g/mol. The second-order valence-corrected chi connectivity index (χ2v) is 3.02. The van der Waals surface area contributed by atoms with Gasteiger partial charge in [-0.15, -0.1) is 0 Å². The van der Waals surface area contributed by atoms with Crippen LogP contribution in [0.3, 0.4) is 0 Å². The number of rotatable bonds is 4. The standard InChI is InChI=1S/C9H12N4O3/c10-8(13-16)2-4-12-9(15)6-5-11-3-1-7(6)14/h1,3,5,16H,2,4H2,(H2,10,13)(H,11,14)(H,12,15). The number of hydrogen-bond donors (Lipinski definition) is 4. The lowest BCUT2D eigenvalue weighted by Gasteiger charge is -2.03. The number of hydrogen-bond acceptors (Lipinski definition) is 4. The van der Waals surface area contributed by atoms with Crippen molar-refractivity contribution in [2.75, 3.05) is 6.54 Å². The molecule has 0 aliphatic rings. The number of oxime groups is 1. The van der Waals surface area contributed by atoms with Crippen LogP contribution >= 0.6 is 0 Å². The van der Waals surface area contributed by atoms with E-state index in [4.69, 9.17) is 10.9 Å². The second kappa shape index (κ2) is 5.54. The van der Waals surface area contributed by atoms with Crippen LogP contribution < -0.4 is 16.5 Å². The Morgan fingerprint density at radius 1 is 1.62 bits per heavy atom. The molecule has 16 heavy (non-hydrogen) atoms. The zero-order chi connectivity index (χ0) is 12.0. The molecule has 7 heteroatoms. The smallest absolute Gasteiger partial charge is 0.256 e. The van der Waals surface area contributed by atoms with Crippen molar-refractivity contribution >= 4 is 11.7 Å². The van der Waals surface area contributed by atoms with E-state index < -0.39 is 5.91 Å². The number of carbonyl (C=O) groups excluding carboxylic acids is 1. The summed E-state index contributed by atoms with van der Waals surface area (Å²) in [6.07, 6.45) is 2.98. The summed E-state index contributed by atoms with van der Waals surface area (Å²) in [6.45, 7) is 0.197. The molecule has 0 atom stereocenters. The first-order valence-electron chi connectivity index (χ1n) is 4.57. The first-order valence-corrected chi connectivity index (χ1v) is 4.57. The van der Waals surface area contributed by atoms with Crippen LogP contribution in [0.2, 0.25) is 0 Å². The highest BCUT2D eigenvalue weighted by molar-refractivity contribution is 5.94. The molecule has 86 valence electrons. The van der Waals surface area contributed by atoms with Gasteiger partial charge in [-0.25, -0.2) is 0 Å². The quantitative estimate of drug-likeness (QED) is 0.232. The molecular formula is C9H12N4O3. The van der Waals surface area contributed by atoms with Gasteiger partial charge in [0.15, 0.2) is 5.43 Å². The summed E-state index contributed by atoms with van der Waals surface area (Å²) < 4.78 is 0. The predicted octanol–water partition coefficient (Wildman–Crippen LogP) is -0.759. The van der Waals surface area contributed by atoms with Crippen molar-refractivity contribution in [3.8, 4) is 0 Å². The van der Waals surface area contributed by atoms with E-state index in [0.29, 0.717) is 0 Å². The molecule has 0 saturated carbocycles. The highest BCUT2D eigenvalue weighted by Gasteiger charge is 2.08. The first-order chi connectivity index (χ1) is 7.65. The Bertz CT molecular complexity index is 452. The van der Waals surface area contributed by atoms with E-state index in [1.54, 1.807) is 0 Å². The van der Waals surface area contributed by atoms with Gasteiger partial charge in [-0.1, -0.05) is 5.16 Å². The normalized spacial score (nSPS) is 11.1. The zero-order valence-electron chi connectivity index (χ0n) is 8.43. The van der Waals surface area contributed by atoms with Crippen molar-refractivity contribution in [2.45, 2.75) is 6.42 Å². The molecule has 0 unspecified atom stereocenters. The zero-order valence-corrected chi connectivity index (χ0v) is 8.43. The number of H-pyrrole nitrogens is 1. The Balaban J connectivity index is 2.54. The van der Waals surface area contributed by atoms with Gasteiger partial charge in [-0.3, -0.25) is 9.59 Å². The van der Waals surface area contributed by atoms with Crippen molar-refractivity contribution in [3.63, 3.8) is 0 Å². The fourth-order valence-corrected chi connectivity index (χ4v) is 1.04. The molecule has 0 aliphatic heterocycles. The van der Waals surface area contributed by atoms with Gasteiger partial charge in [0.1, 0.15) is 11.4 Å². The maximum absolute atomic E-state index is 11.5. The van der Waals surface area contributed by atoms with Crippen molar-refractivity contribution in [1.82, 2.24) is 10.3 Å². The summed E-state index contributed by atoms with van der Waals surface area (Å²) in [6, 6.07) is 1.26. The number of aromatic nitrogens is 1. The largest absolute Gasteiger partial charge is 0.409 e. The van der Waals surface area contributed by atoms with Gasteiger partial charge < -0.3 is 21.2 Å². The molecule has 1 heterocycles. The number of carbonyl (C=O) groups is 1. The van der Waals surface area contributed by atoms with E-state index in [-0.39, 0.29) is 29.8 Å². The minimum absolute atomic E-state index is 0.0160. The summed E-state index contributed by atoms with van der Waals surface area (Å²) in [5.74, 6) is -0.477. The second-order valence-electron chi connectivity index (χ2n) is 3.02. The van der Waals surface area contributed by atoms with Crippen LogP contribution in [-0.4, -0.2) is 28.5 Å². The number of nitrogens with one attached hydrogen (secondary N) is 2. The summed E-state index contributed by atoms with van der Waals surface area (Å²) in [5.41, 5.74) is 4.88. The van der Waals surface area contributed by atoms with Crippen molar-refractivity contribution in [1.29, 1.82) is 0 Å². The first kappa shape index (κ1) is 11.8. The highest BCUT2D eigenvalue weighted by Crippen LogP contribution is 1.88. The van der Waals surface area contributed by atoms with Gasteiger partial charge in [0, 0.05) is 31.4 Å². The average molecular weight is 224 g/mol. The predicted molar refractivity (Wildman–Crippen MR) is 57.4 cm³/mol. The van der Waals surface area contributed by atoms with Crippen molar-refractivity contribution in [2.24, 2.45) is 10.9 Å². The SMILES string of the molecule is N/C(CCNC(=O)c1c[nH]ccc1=O)=N/O. The fraction of sp³-hybridized carbons (Fsp3) is 0.222. The average Bonchev–Trinajstić information content (AvgIpc) is 2.29. The van der Waals surface area contributed by atoms with Gasteiger partial charge in [0.2, 0.25) is 0 Å². The molecule has 7 nitrogen and oxygen atoms in total. The van der Waals surface area contributed by atoms with Gasteiger partial charge in [-0.2, -0.15) is 0 Å². The van der Waals surface area contributed by atoms with Crippen LogP contribution in [0.4, 0.5) is 0 Å². The van der Waals surface area contributed by atoms with Crippen LogP contribution in [0.1, 0.15) is 16.8 Å². The van der Waals surface area contributed by atoms with E-state index >= 15 is 0 Å². The molecule has 1 aromatic rings. The number of amides is 1. The summed E-state index contributed by atoms with van der Waals surface area (Å²) in [4.78, 5) is 25.3.